The Morgan fingerprint density at radius 3 is 2.59 bits per heavy atom. The van der Waals surface area contributed by atoms with Gasteiger partial charge in [0.25, 0.3) is 0 Å². The third-order valence-corrected chi connectivity index (χ3v) is 4.88. The molecule has 0 saturated heterocycles. The van der Waals surface area contributed by atoms with Crippen LogP contribution in [-0.2, 0) is 4.79 Å². The normalized spacial score (nSPS) is 21.2. The fraction of sp³-hybridized carbons (Fsp3) is 0.500. The molecule has 3 amide bonds. The second-order valence-corrected chi connectivity index (χ2v) is 6.68. The van der Waals surface area contributed by atoms with Crippen molar-refractivity contribution in [3.63, 3.8) is 0 Å². The fourth-order valence-corrected chi connectivity index (χ4v) is 3.28. The lowest BCUT2D eigenvalue weighted by atomic mass is 9.86. The summed E-state index contributed by atoms with van der Waals surface area (Å²) in [6, 6.07) is 5.62. The first-order chi connectivity index (χ1) is 10.5. The van der Waals surface area contributed by atoms with Crippen LogP contribution < -0.4 is 10.6 Å². The summed E-state index contributed by atoms with van der Waals surface area (Å²) in [5, 5.41) is 5.22. The highest BCUT2D eigenvalue weighted by Gasteiger charge is 2.23. The predicted molar refractivity (Wildman–Crippen MR) is 85.2 cm³/mol. The zero-order valence-corrected chi connectivity index (χ0v) is 13.4. The van der Waals surface area contributed by atoms with Crippen LogP contribution in [0.15, 0.2) is 29.2 Å². The third kappa shape index (κ3) is 5.33. The van der Waals surface area contributed by atoms with Gasteiger partial charge in [-0.1, -0.05) is 19.8 Å². The third-order valence-electron chi connectivity index (χ3n) is 3.86. The highest BCUT2D eigenvalue weighted by atomic mass is 32.2. The highest BCUT2D eigenvalue weighted by molar-refractivity contribution is 8.00. The Morgan fingerprint density at radius 1 is 1.23 bits per heavy atom. The van der Waals surface area contributed by atoms with Crippen LogP contribution in [0.4, 0.5) is 9.18 Å². The van der Waals surface area contributed by atoms with Crippen LogP contribution in [0, 0.1) is 11.7 Å². The van der Waals surface area contributed by atoms with Crippen molar-refractivity contribution in [1.82, 2.24) is 10.6 Å². The van der Waals surface area contributed by atoms with Gasteiger partial charge in [0.1, 0.15) is 5.82 Å². The Morgan fingerprint density at radius 2 is 1.91 bits per heavy atom. The largest absolute Gasteiger partial charge is 0.335 e. The van der Waals surface area contributed by atoms with Crippen LogP contribution in [0.3, 0.4) is 0 Å². The van der Waals surface area contributed by atoms with Gasteiger partial charge in [0.2, 0.25) is 5.91 Å². The molecule has 1 fully saturated rings. The van der Waals surface area contributed by atoms with E-state index in [2.05, 4.69) is 17.6 Å². The number of thioether (sulfide) groups is 1. The van der Waals surface area contributed by atoms with Gasteiger partial charge < -0.3 is 5.32 Å². The van der Waals surface area contributed by atoms with Crippen molar-refractivity contribution in [2.45, 2.75) is 43.5 Å². The molecule has 1 aliphatic rings. The molecule has 22 heavy (non-hydrogen) atoms. The van der Waals surface area contributed by atoms with E-state index in [0.717, 1.165) is 24.2 Å². The Bertz CT molecular complexity index is 521. The molecule has 1 aromatic rings. The number of imide groups is 1. The van der Waals surface area contributed by atoms with E-state index in [1.54, 1.807) is 12.1 Å². The van der Waals surface area contributed by atoms with Gasteiger partial charge in [0, 0.05) is 10.9 Å². The van der Waals surface area contributed by atoms with Gasteiger partial charge in [-0.05, 0) is 43.0 Å². The van der Waals surface area contributed by atoms with Crippen molar-refractivity contribution in [2.24, 2.45) is 5.92 Å². The number of halogens is 1. The molecular formula is C16H21FN2O2S. The van der Waals surface area contributed by atoms with Gasteiger partial charge in [0.05, 0.1) is 5.75 Å². The molecule has 2 atom stereocenters. The van der Waals surface area contributed by atoms with E-state index >= 15 is 0 Å². The molecule has 0 bridgehead atoms. The van der Waals surface area contributed by atoms with Gasteiger partial charge in [-0.25, -0.2) is 9.18 Å². The van der Waals surface area contributed by atoms with Crippen LogP contribution in [0.5, 0.6) is 0 Å². The Labute approximate surface area is 134 Å². The maximum Gasteiger partial charge on any atom is 0.321 e. The molecule has 0 aromatic heterocycles. The number of rotatable bonds is 4. The van der Waals surface area contributed by atoms with Crippen molar-refractivity contribution in [3.8, 4) is 0 Å². The van der Waals surface area contributed by atoms with Crippen LogP contribution in [0.25, 0.3) is 0 Å². The first-order valence-electron chi connectivity index (χ1n) is 7.53. The van der Waals surface area contributed by atoms with Crippen molar-refractivity contribution in [3.05, 3.63) is 30.1 Å². The van der Waals surface area contributed by atoms with E-state index in [9.17, 15) is 14.0 Å². The molecule has 120 valence electrons. The fourth-order valence-electron chi connectivity index (χ4n) is 2.58. The van der Waals surface area contributed by atoms with Gasteiger partial charge in [-0.3, -0.25) is 10.1 Å². The maximum absolute atomic E-state index is 12.8. The number of nitrogens with one attached hydrogen (secondary N) is 2. The summed E-state index contributed by atoms with van der Waals surface area (Å²) in [5.41, 5.74) is 0. The molecule has 0 radical (unpaired) electrons. The minimum Gasteiger partial charge on any atom is -0.335 e. The molecular weight excluding hydrogens is 303 g/mol. The Kier molecular flexibility index (Phi) is 6.24. The average molecular weight is 324 g/mol. The molecule has 0 spiro atoms. The molecule has 2 unspecified atom stereocenters. The number of benzene rings is 1. The van der Waals surface area contributed by atoms with Gasteiger partial charge in [-0.15, -0.1) is 11.8 Å². The lowest BCUT2D eigenvalue weighted by Crippen LogP contribution is -2.48. The Balaban J connectivity index is 1.71. The monoisotopic (exact) mass is 324 g/mol. The minimum absolute atomic E-state index is 0.124. The predicted octanol–water partition coefficient (Wildman–Crippen LogP) is 3.32. The maximum atomic E-state index is 12.8. The second kappa shape index (κ2) is 8.17. The van der Waals surface area contributed by atoms with Crippen LogP contribution in [-0.4, -0.2) is 23.7 Å². The SMILES string of the molecule is CC1CCCCC1NC(=O)NC(=O)CSc1ccc(F)cc1. The summed E-state index contributed by atoms with van der Waals surface area (Å²) in [4.78, 5) is 24.4. The first kappa shape index (κ1) is 16.8. The zero-order chi connectivity index (χ0) is 15.9. The van der Waals surface area contributed by atoms with Gasteiger partial charge in [-0.2, -0.15) is 0 Å². The Hall–Kier alpha value is -1.56. The van der Waals surface area contributed by atoms with E-state index in [1.165, 1.54) is 30.3 Å². The second-order valence-electron chi connectivity index (χ2n) is 5.63. The molecule has 1 aromatic carbocycles. The molecule has 1 aliphatic carbocycles. The zero-order valence-electron chi connectivity index (χ0n) is 12.6. The van der Waals surface area contributed by atoms with Gasteiger partial charge in [0.15, 0.2) is 0 Å². The van der Waals surface area contributed by atoms with E-state index in [-0.39, 0.29) is 23.5 Å². The molecule has 4 nitrogen and oxygen atoms in total. The number of carbonyl (C=O) groups is 2. The summed E-state index contributed by atoms with van der Waals surface area (Å²) in [6.45, 7) is 2.12. The lowest BCUT2D eigenvalue weighted by Gasteiger charge is -2.29. The number of amides is 3. The van der Waals surface area contributed by atoms with Crippen LogP contribution >= 0.6 is 11.8 Å². The molecule has 2 N–H and O–H groups in total. The molecule has 1 saturated carbocycles. The number of carbonyl (C=O) groups excluding carboxylic acids is 2. The minimum atomic E-state index is -0.427. The van der Waals surface area contributed by atoms with E-state index in [4.69, 9.17) is 0 Å². The average Bonchev–Trinajstić information content (AvgIpc) is 2.49. The van der Waals surface area contributed by atoms with Crippen molar-refractivity contribution in [2.75, 3.05) is 5.75 Å². The van der Waals surface area contributed by atoms with Gasteiger partial charge >= 0.3 is 6.03 Å². The quantitative estimate of drug-likeness (QED) is 0.835. The topological polar surface area (TPSA) is 58.2 Å². The van der Waals surface area contributed by atoms with Crippen molar-refractivity contribution >= 4 is 23.7 Å². The van der Waals surface area contributed by atoms with Crippen molar-refractivity contribution in [1.29, 1.82) is 0 Å². The summed E-state index contributed by atoms with van der Waals surface area (Å²) in [7, 11) is 0. The van der Waals surface area contributed by atoms with Crippen LogP contribution in [0.1, 0.15) is 32.6 Å². The molecule has 2 rings (SSSR count). The first-order valence-corrected chi connectivity index (χ1v) is 8.52. The van der Waals surface area contributed by atoms with Crippen LogP contribution in [0.2, 0.25) is 0 Å². The smallest absolute Gasteiger partial charge is 0.321 e. The summed E-state index contributed by atoms with van der Waals surface area (Å²) in [6.07, 6.45) is 4.39. The van der Waals surface area contributed by atoms with E-state index < -0.39 is 6.03 Å². The standard InChI is InChI=1S/C16H21FN2O2S/c1-11-4-2-3-5-14(11)18-16(21)19-15(20)10-22-13-8-6-12(17)7-9-13/h6-9,11,14H,2-5,10H2,1H3,(H2,18,19,20,21). The number of hydrogen-bond acceptors (Lipinski definition) is 3. The van der Waals surface area contributed by atoms with Crippen molar-refractivity contribution < 1.29 is 14.0 Å². The van der Waals surface area contributed by atoms with E-state index in [1.807, 2.05) is 0 Å². The number of hydrogen-bond donors (Lipinski definition) is 2. The summed E-state index contributed by atoms with van der Waals surface area (Å²) < 4.78 is 12.8. The summed E-state index contributed by atoms with van der Waals surface area (Å²) in [5.74, 6) is -0.0903. The number of urea groups is 1. The summed E-state index contributed by atoms with van der Waals surface area (Å²) >= 11 is 1.27. The lowest BCUT2D eigenvalue weighted by molar-refractivity contribution is -0.117. The van der Waals surface area contributed by atoms with E-state index in [0.29, 0.717) is 5.92 Å². The molecule has 0 aliphatic heterocycles. The molecule has 6 heteroatoms. The molecule has 0 heterocycles. The highest BCUT2D eigenvalue weighted by Crippen LogP contribution is 2.23.